The van der Waals surface area contributed by atoms with Crippen LogP contribution in [0.1, 0.15) is 13.8 Å². The summed E-state index contributed by atoms with van der Waals surface area (Å²) in [4.78, 5) is 0. The van der Waals surface area contributed by atoms with E-state index in [1.807, 2.05) is 0 Å². The molecule has 1 rings (SSSR count). The Balaban J connectivity index is 2.70. The number of hydrogen-bond donors (Lipinski definition) is 0. The van der Waals surface area contributed by atoms with Gasteiger partial charge in [-0.05, 0) is 25.0 Å². The molecule has 0 aromatic rings. The van der Waals surface area contributed by atoms with E-state index in [0.717, 1.165) is 0 Å². The van der Waals surface area contributed by atoms with Gasteiger partial charge in [0.1, 0.15) is 0 Å². The SMILES string of the molecule is CC1=C(C)C[P+](C)(C)C1. The molecule has 0 spiro atoms. The highest BCUT2D eigenvalue weighted by Gasteiger charge is 2.32. The van der Waals surface area contributed by atoms with Gasteiger partial charge in [0.25, 0.3) is 0 Å². The van der Waals surface area contributed by atoms with Crippen molar-refractivity contribution in [1.82, 2.24) is 0 Å². The summed E-state index contributed by atoms with van der Waals surface area (Å²) in [5.74, 6) is 0. The minimum Gasteiger partial charge on any atom is -0.0400 e. The fourth-order valence-corrected chi connectivity index (χ4v) is 4.83. The van der Waals surface area contributed by atoms with Gasteiger partial charge in [-0.2, -0.15) is 0 Å². The van der Waals surface area contributed by atoms with Crippen LogP contribution in [-0.2, 0) is 0 Å². The van der Waals surface area contributed by atoms with Gasteiger partial charge in [0.05, 0.1) is 12.3 Å². The lowest BCUT2D eigenvalue weighted by Gasteiger charge is -2.08. The first-order valence-corrected chi connectivity index (χ1v) is 6.54. The summed E-state index contributed by atoms with van der Waals surface area (Å²) in [6, 6.07) is 0. The van der Waals surface area contributed by atoms with Gasteiger partial charge in [-0.3, -0.25) is 0 Å². The Morgan fingerprint density at radius 1 is 1.00 bits per heavy atom. The molecule has 0 aromatic heterocycles. The molecule has 1 heterocycles. The zero-order chi connectivity index (χ0) is 7.07. The Morgan fingerprint density at radius 2 is 1.33 bits per heavy atom. The first-order valence-electron chi connectivity index (χ1n) is 3.48. The van der Waals surface area contributed by atoms with E-state index in [1.54, 1.807) is 11.1 Å². The van der Waals surface area contributed by atoms with Crippen molar-refractivity contribution >= 4 is 7.26 Å². The van der Waals surface area contributed by atoms with E-state index in [4.69, 9.17) is 0 Å². The molecule has 0 unspecified atom stereocenters. The van der Waals surface area contributed by atoms with Crippen LogP contribution in [-0.4, -0.2) is 25.7 Å². The van der Waals surface area contributed by atoms with Crippen LogP contribution in [0.2, 0.25) is 0 Å². The van der Waals surface area contributed by atoms with E-state index >= 15 is 0 Å². The molecule has 9 heavy (non-hydrogen) atoms. The van der Waals surface area contributed by atoms with Crippen molar-refractivity contribution in [2.24, 2.45) is 0 Å². The molecule has 0 aromatic carbocycles. The molecule has 0 N–H and O–H groups in total. The highest BCUT2D eigenvalue weighted by molar-refractivity contribution is 7.75. The summed E-state index contributed by atoms with van der Waals surface area (Å²) in [7, 11) is -0.480. The van der Waals surface area contributed by atoms with E-state index in [2.05, 4.69) is 27.2 Å². The van der Waals surface area contributed by atoms with Crippen LogP contribution in [0.25, 0.3) is 0 Å². The summed E-state index contributed by atoms with van der Waals surface area (Å²) in [5, 5.41) is 0. The van der Waals surface area contributed by atoms with Gasteiger partial charge >= 0.3 is 0 Å². The predicted molar refractivity (Wildman–Crippen MR) is 46.9 cm³/mol. The van der Waals surface area contributed by atoms with E-state index < -0.39 is 7.26 Å². The molecule has 52 valence electrons. The first kappa shape index (κ1) is 7.28. The second-order valence-electron chi connectivity index (χ2n) is 3.81. The van der Waals surface area contributed by atoms with Crippen LogP contribution in [0, 0.1) is 0 Å². The predicted octanol–water partition coefficient (Wildman–Crippen LogP) is 2.61. The quantitative estimate of drug-likeness (QED) is 0.361. The fourth-order valence-electron chi connectivity index (χ4n) is 1.61. The van der Waals surface area contributed by atoms with Crippen LogP contribution in [0.4, 0.5) is 0 Å². The molecule has 1 aliphatic rings. The average Bonchev–Trinajstić information content (AvgIpc) is 1.79. The van der Waals surface area contributed by atoms with Crippen LogP contribution in [0.3, 0.4) is 0 Å². The second-order valence-corrected chi connectivity index (χ2v) is 8.32. The Kier molecular flexibility index (Phi) is 1.69. The van der Waals surface area contributed by atoms with Gasteiger partial charge in [0.2, 0.25) is 0 Å². The largest absolute Gasteiger partial charge is 0.0801 e. The average molecular weight is 143 g/mol. The number of hydrogen-bond acceptors (Lipinski definition) is 0. The third-order valence-corrected chi connectivity index (χ3v) is 4.72. The van der Waals surface area contributed by atoms with Gasteiger partial charge in [-0.25, -0.2) is 0 Å². The first-order chi connectivity index (χ1) is 4.01. The maximum atomic E-state index is 2.45. The molecule has 0 atom stereocenters. The van der Waals surface area contributed by atoms with Gasteiger partial charge in [-0.1, -0.05) is 0 Å². The van der Waals surface area contributed by atoms with E-state index in [1.165, 1.54) is 12.3 Å². The maximum Gasteiger partial charge on any atom is 0.0801 e. The molecule has 1 heteroatoms. The smallest absolute Gasteiger partial charge is 0.0400 e. The fraction of sp³-hybridized carbons (Fsp3) is 0.750. The van der Waals surface area contributed by atoms with E-state index in [0.29, 0.717) is 0 Å². The lowest BCUT2D eigenvalue weighted by atomic mass is 10.2. The standard InChI is InChI=1S/C8H16P/c1-7-5-9(3,4)6-8(7)2/h5-6H2,1-4H3/q+1. The summed E-state index contributed by atoms with van der Waals surface area (Å²) in [5.41, 5.74) is 3.32. The molecule has 0 saturated carbocycles. The lowest BCUT2D eigenvalue weighted by molar-refractivity contribution is 1.29. The number of rotatable bonds is 0. The van der Waals surface area contributed by atoms with E-state index in [9.17, 15) is 0 Å². The second kappa shape index (κ2) is 2.09. The summed E-state index contributed by atoms with van der Waals surface area (Å²) in [6.07, 6.45) is 2.83. The van der Waals surface area contributed by atoms with Crippen molar-refractivity contribution in [1.29, 1.82) is 0 Å². The monoisotopic (exact) mass is 143 g/mol. The van der Waals surface area contributed by atoms with Gasteiger partial charge in [-0.15, -0.1) is 0 Å². The molecule has 0 radical (unpaired) electrons. The molecule has 0 bridgehead atoms. The molecule has 0 saturated heterocycles. The minimum atomic E-state index is -0.480. The topological polar surface area (TPSA) is 0 Å². The van der Waals surface area contributed by atoms with Crippen molar-refractivity contribution in [3.8, 4) is 0 Å². The highest BCUT2D eigenvalue weighted by atomic mass is 31.2. The summed E-state index contributed by atoms with van der Waals surface area (Å²) < 4.78 is 0. The van der Waals surface area contributed by atoms with Crippen LogP contribution in [0.5, 0.6) is 0 Å². The number of allylic oxidation sites excluding steroid dienone is 2. The third kappa shape index (κ3) is 1.55. The van der Waals surface area contributed by atoms with Crippen molar-refractivity contribution in [3.63, 3.8) is 0 Å². The van der Waals surface area contributed by atoms with Crippen molar-refractivity contribution in [3.05, 3.63) is 11.1 Å². The highest BCUT2D eigenvalue weighted by Crippen LogP contribution is 2.58. The molecule has 0 aliphatic carbocycles. The molecular weight excluding hydrogens is 127 g/mol. The van der Waals surface area contributed by atoms with Crippen LogP contribution >= 0.6 is 7.26 Å². The Hall–Kier alpha value is 0.170. The van der Waals surface area contributed by atoms with Crippen molar-refractivity contribution in [2.45, 2.75) is 13.8 Å². The van der Waals surface area contributed by atoms with Crippen LogP contribution < -0.4 is 0 Å². The zero-order valence-electron chi connectivity index (χ0n) is 6.86. The van der Waals surface area contributed by atoms with Crippen molar-refractivity contribution in [2.75, 3.05) is 25.7 Å². The van der Waals surface area contributed by atoms with Gasteiger partial charge in [0, 0.05) is 20.6 Å². The summed E-state index contributed by atoms with van der Waals surface area (Å²) in [6.45, 7) is 9.47. The molecule has 0 amide bonds. The van der Waals surface area contributed by atoms with Gasteiger partial charge in [0.15, 0.2) is 0 Å². The zero-order valence-corrected chi connectivity index (χ0v) is 7.76. The molecule has 1 aliphatic heterocycles. The van der Waals surface area contributed by atoms with Gasteiger partial charge < -0.3 is 0 Å². The normalized spacial score (nSPS) is 25.3. The Labute approximate surface area is 58.7 Å². The molecule has 0 fully saturated rings. The minimum absolute atomic E-state index is 0.480. The Bertz CT molecular complexity index is 138. The maximum absolute atomic E-state index is 2.45. The Morgan fingerprint density at radius 3 is 1.44 bits per heavy atom. The third-order valence-electron chi connectivity index (χ3n) is 2.06. The van der Waals surface area contributed by atoms with Crippen LogP contribution in [0.15, 0.2) is 11.1 Å². The molecule has 0 nitrogen and oxygen atoms in total. The summed E-state index contributed by atoms with van der Waals surface area (Å²) >= 11 is 0. The molecular formula is C8H16P+. The lowest BCUT2D eigenvalue weighted by Crippen LogP contribution is -1.90. The van der Waals surface area contributed by atoms with Crippen molar-refractivity contribution < 1.29 is 0 Å². The van der Waals surface area contributed by atoms with E-state index in [-0.39, 0.29) is 0 Å².